The molecule has 1 aromatic rings. The lowest BCUT2D eigenvalue weighted by Crippen LogP contribution is -2.69. The van der Waals surface area contributed by atoms with E-state index in [1.54, 1.807) is 19.2 Å². The summed E-state index contributed by atoms with van der Waals surface area (Å²) in [6.07, 6.45) is -0.714. The maximum Gasteiger partial charge on any atom is 0.509 e. The fourth-order valence-corrected chi connectivity index (χ4v) is 13.9. The molecule has 8 atom stereocenters. The van der Waals surface area contributed by atoms with Crippen molar-refractivity contribution in [1.82, 2.24) is 0 Å². The predicted octanol–water partition coefficient (Wildman–Crippen LogP) is 9.82. The molecule has 2 bridgehead atoms. The third kappa shape index (κ3) is 7.00. The van der Waals surface area contributed by atoms with Crippen LogP contribution in [0.15, 0.2) is 41.5 Å². The molecule has 9 nitrogen and oxygen atoms in total. The van der Waals surface area contributed by atoms with Gasteiger partial charge in [0.1, 0.15) is 12.9 Å². The molecular formula is C41H66O9Si2. The van der Waals surface area contributed by atoms with Crippen molar-refractivity contribution in [1.29, 1.82) is 0 Å². The van der Waals surface area contributed by atoms with Gasteiger partial charge in [-0.15, -0.1) is 0 Å². The number of rotatable bonds is 12. The Kier molecular flexibility index (Phi) is 11.8. The molecule has 0 N–H and O–H groups in total. The van der Waals surface area contributed by atoms with Crippen molar-refractivity contribution in [2.45, 2.75) is 167 Å². The van der Waals surface area contributed by atoms with E-state index in [1.807, 2.05) is 18.2 Å². The van der Waals surface area contributed by atoms with E-state index in [9.17, 15) is 9.59 Å². The highest BCUT2D eigenvalue weighted by atomic mass is 28.4. The van der Waals surface area contributed by atoms with Crippen molar-refractivity contribution in [2.24, 2.45) is 16.7 Å². The monoisotopic (exact) mass is 758 g/mol. The van der Waals surface area contributed by atoms with Gasteiger partial charge in [-0.1, -0.05) is 80.5 Å². The van der Waals surface area contributed by atoms with Crippen LogP contribution in [0.3, 0.4) is 0 Å². The van der Waals surface area contributed by atoms with Crippen LogP contribution in [0.25, 0.3) is 0 Å². The zero-order valence-electron chi connectivity index (χ0n) is 34.2. The molecule has 5 rings (SSSR count). The lowest BCUT2D eigenvalue weighted by Gasteiger charge is -2.62. The number of carbonyl (C=O) groups is 2. The normalized spacial score (nSPS) is 33.3. The van der Waals surface area contributed by atoms with Crippen molar-refractivity contribution in [3.05, 3.63) is 47.0 Å². The second-order valence-corrected chi connectivity index (χ2v) is 27.6. The second kappa shape index (κ2) is 14.9. The van der Waals surface area contributed by atoms with Gasteiger partial charge in [0, 0.05) is 30.3 Å². The first kappa shape index (κ1) is 41.1. The zero-order valence-corrected chi connectivity index (χ0v) is 36.2. The maximum atomic E-state index is 13.8. The topological polar surface area (TPSA) is 98.8 Å². The van der Waals surface area contributed by atoms with E-state index in [4.69, 9.17) is 32.5 Å². The highest BCUT2D eigenvalue weighted by Gasteiger charge is 2.73. The molecule has 3 aliphatic carbocycles. The Morgan fingerprint density at radius 3 is 2.15 bits per heavy atom. The van der Waals surface area contributed by atoms with E-state index in [0.717, 1.165) is 29.3 Å². The number of hydrogen-bond donors (Lipinski definition) is 0. The van der Waals surface area contributed by atoms with Crippen LogP contribution in [-0.2, 0) is 32.5 Å². The summed E-state index contributed by atoms with van der Waals surface area (Å²) in [5.41, 5.74) is 0.270. The Morgan fingerprint density at radius 1 is 0.942 bits per heavy atom. The number of fused-ring (bicyclic) bond motifs is 3. The van der Waals surface area contributed by atoms with E-state index in [1.165, 1.54) is 0 Å². The molecule has 0 radical (unpaired) electrons. The van der Waals surface area contributed by atoms with Gasteiger partial charge in [0.15, 0.2) is 28.3 Å². The molecule has 52 heavy (non-hydrogen) atoms. The molecule has 1 aromatic carbocycles. The molecule has 2 saturated carbocycles. The third-order valence-electron chi connectivity index (χ3n) is 14.2. The fraction of sp³-hybridized carbons (Fsp3) is 0.756. The van der Waals surface area contributed by atoms with E-state index in [-0.39, 0.29) is 36.1 Å². The third-order valence-corrected chi connectivity index (χ3v) is 23.3. The molecular weight excluding hydrogens is 693 g/mol. The number of esters is 1. The molecule has 3 fully saturated rings. The summed E-state index contributed by atoms with van der Waals surface area (Å²) in [5, 5.41) is -0.0334. The number of hydrogen-bond acceptors (Lipinski definition) is 9. The average Bonchev–Trinajstić information content (AvgIpc) is 3.41. The number of carbonyl (C=O) groups excluding carboxylic acids is 2. The fourth-order valence-electron chi connectivity index (χ4n) is 9.81. The molecule has 11 heteroatoms. The first-order valence-corrected chi connectivity index (χ1v) is 25.0. The van der Waals surface area contributed by atoms with Gasteiger partial charge in [-0.2, -0.15) is 0 Å². The van der Waals surface area contributed by atoms with Crippen LogP contribution in [0.4, 0.5) is 4.79 Å². The van der Waals surface area contributed by atoms with Crippen molar-refractivity contribution in [3.8, 4) is 0 Å². The molecule has 1 spiro atoms. The van der Waals surface area contributed by atoms with Gasteiger partial charge in [-0.3, -0.25) is 0 Å². The predicted molar refractivity (Wildman–Crippen MR) is 207 cm³/mol. The Labute approximate surface area is 315 Å². The van der Waals surface area contributed by atoms with Crippen LogP contribution in [-0.4, -0.2) is 78.8 Å². The summed E-state index contributed by atoms with van der Waals surface area (Å²) in [6.45, 7) is 27.0. The van der Waals surface area contributed by atoms with Gasteiger partial charge < -0.3 is 32.5 Å². The number of ether oxygens (including phenoxy) is 5. The molecule has 292 valence electrons. The summed E-state index contributed by atoms with van der Waals surface area (Å²) < 4.78 is 46.7. The first-order valence-electron chi connectivity index (χ1n) is 19.6. The highest BCUT2D eigenvalue weighted by molar-refractivity contribution is 6.74. The zero-order chi connectivity index (χ0) is 38.5. The maximum absolute atomic E-state index is 13.8. The standard InChI is InChI=1S/C41H66O9Si2/c1-14-52(15-2,16-3)50-31-24-40(10)32(46-36(42)28-20-18-17-19-21-28)23-22-29(45-26-44-11)34(40)35-41(48-37(43)47-35)25-30(27(4)33(31)39(41,8)9)49-51(12,13)38(5,6)7/h17-21,29-32,34-35H,14-16,22-26H2,1-13H3/t29-,30-,31+,32-,34-,35-,40+,41+/m0/s1. The van der Waals surface area contributed by atoms with Crippen molar-refractivity contribution >= 4 is 28.8 Å². The van der Waals surface area contributed by atoms with Crippen LogP contribution >= 0.6 is 0 Å². The van der Waals surface area contributed by atoms with E-state index in [0.29, 0.717) is 31.2 Å². The Balaban J connectivity index is 1.78. The molecule has 0 aromatic heterocycles. The molecule has 4 aliphatic rings. The van der Waals surface area contributed by atoms with Crippen LogP contribution < -0.4 is 0 Å². The summed E-state index contributed by atoms with van der Waals surface area (Å²) in [5.74, 6) is -0.773. The molecule has 1 aliphatic heterocycles. The minimum absolute atomic E-state index is 0.0334. The quantitative estimate of drug-likeness (QED) is 0.0893. The number of benzene rings is 1. The van der Waals surface area contributed by atoms with Crippen molar-refractivity contribution < 1.29 is 42.1 Å². The van der Waals surface area contributed by atoms with Gasteiger partial charge in [0.05, 0.1) is 23.9 Å². The first-order chi connectivity index (χ1) is 24.3. The molecule has 1 saturated heterocycles. The Bertz CT molecular complexity index is 1470. The van der Waals surface area contributed by atoms with E-state index >= 15 is 0 Å². The lowest BCUT2D eigenvalue weighted by atomic mass is 9.48. The Morgan fingerprint density at radius 2 is 1.58 bits per heavy atom. The minimum atomic E-state index is -2.30. The lowest BCUT2D eigenvalue weighted by molar-refractivity contribution is -0.222. The van der Waals surface area contributed by atoms with Crippen molar-refractivity contribution in [2.75, 3.05) is 13.9 Å². The van der Waals surface area contributed by atoms with Crippen molar-refractivity contribution in [3.63, 3.8) is 0 Å². The Hall–Kier alpha value is -2.03. The van der Waals surface area contributed by atoms with Gasteiger partial charge >= 0.3 is 12.1 Å². The van der Waals surface area contributed by atoms with Crippen LogP contribution in [0, 0.1) is 16.7 Å². The van der Waals surface area contributed by atoms with Gasteiger partial charge in [-0.05, 0) is 85.7 Å². The molecule has 1 heterocycles. The van der Waals surface area contributed by atoms with Gasteiger partial charge in [0.25, 0.3) is 0 Å². The summed E-state index contributed by atoms with van der Waals surface area (Å²) in [7, 11) is -2.92. The molecule has 0 unspecified atom stereocenters. The summed E-state index contributed by atoms with van der Waals surface area (Å²) in [4.78, 5) is 27.6. The second-order valence-electron chi connectivity index (χ2n) is 18.1. The van der Waals surface area contributed by atoms with Gasteiger partial charge in [-0.25, -0.2) is 9.59 Å². The number of methoxy groups -OCH3 is 1. The smallest absolute Gasteiger partial charge is 0.458 e. The summed E-state index contributed by atoms with van der Waals surface area (Å²) >= 11 is 0. The SMILES string of the molecule is CC[Si](CC)(CC)O[C@@H]1C[C@@]2(C)[C@@H]([C@@H](OCOC)CC[C@@H]2OC(=O)c2ccccc2)[C@@H]2OC(=O)O[C@]23C[C@H](O[Si](C)(C)C(C)(C)C)C(C)=C1C3(C)C. The van der Waals surface area contributed by atoms with Crippen LogP contribution in [0.2, 0.25) is 36.3 Å². The van der Waals surface area contributed by atoms with Crippen LogP contribution in [0.5, 0.6) is 0 Å². The largest absolute Gasteiger partial charge is 0.509 e. The molecule has 0 amide bonds. The van der Waals surface area contributed by atoms with Crippen LogP contribution in [0.1, 0.15) is 105 Å². The average molecular weight is 759 g/mol. The minimum Gasteiger partial charge on any atom is -0.458 e. The summed E-state index contributed by atoms with van der Waals surface area (Å²) in [6, 6.07) is 12.1. The van der Waals surface area contributed by atoms with E-state index < -0.39 is 57.3 Å². The highest BCUT2D eigenvalue weighted by Crippen LogP contribution is 2.65. The van der Waals surface area contributed by atoms with Gasteiger partial charge in [0.2, 0.25) is 0 Å². The van der Waals surface area contributed by atoms with E-state index in [2.05, 4.69) is 82.3 Å².